The zero-order valence-corrected chi connectivity index (χ0v) is 12.1. The van der Waals surface area contributed by atoms with Crippen LogP contribution in [0.15, 0.2) is 24.3 Å². The summed E-state index contributed by atoms with van der Waals surface area (Å²) in [4.78, 5) is 12.5. The molecule has 1 atom stereocenters. The van der Waals surface area contributed by atoms with E-state index >= 15 is 0 Å². The normalized spacial score (nSPS) is 22.2. The molecule has 0 saturated heterocycles. The fraction of sp³-hybridized carbons (Fsp3) is 0.611. The van der Waals surface area contributed by atoms with E-state index in [1.807, 2.05) is 18.2 Å². The fourth-order valence-corrected chi connectivity index (χ4v) is 3.52. The lowest BCUT2D eigenvalue weighted by molar-refractivity contribution is 0.0534. The SMILES string of the molecule is O=C(c1cccc(C2CCC2)c1)C(O)C1CCCCC1. The third-order valence-electron chi connectivity index (χ3n) is 5.11. The minimum Gasteiger partial charge on any atom is -0.385 e. The molecule has 1 N–H and O–H groups in total. The van der Waals surface area contributed by atoms with Crippen molar-refractivity contribution in [1.82, 2.24) is 0 Å². The monoisotopic (exact) mass is 272 g/mol. The first-order chi connectivity index (χ1) is 9.75. The molecule has 2 nitrogen and oxygen atoms in total. The van der Waals surface area contributed by atoms with E-state index in [9.17, 15) is 9.90 Å². The molecule has 2 saturated carbocycles. The molecule has 108 valence electrons. The quantitative estimate of drug-likeness (QED) is 0.839. The van der Waals surface area contributed by atoms with Crippen LogP contribution in [0.25, 0.3) is 0 Å². The van der Waals surface area contributed by atoms with Crippen LogP contribution in [0.5, 0.6) is 0 Å². The highest BCUT2D eigenvalue weighted by Crippen LogP contribution is 2.36. The molecule has 0 radical (unpaired) electrons. The number of aliphatic hydroxyl groups excluding tert-OH is 1. The number of carbonyl (C=O) groups is 1. The number of hydrogen-bond donors (Lipinski definition) is 1. The van der Waals surface area contributed by atoms with Crippen molar-refractivity contribution in [3.63, 3.8) is 0 Å². The van der Waals surface area contributed by atoms with E-state index in [4.69, 9.17) is 0 Å². The van der Waals surface area contributed by atoms with Gasteiger partial charge in [0, 0.05) is 5.56 Å². The minimum atomic E-state index is -0.799. The van der Waals surface area contributed by atoms with Crippen LogP contribution in [0, 0.1) is 5.92 Å². The standard InChI is InChI=1S/C18H24O2/c19-17(14-6-2-1-3-7-14)18(20)16-11-5-10-15(12-16)13-8-4-9-13/h5,10-14,17,19H,1-4,6-9H2. The van der Waals surface area contributed by atoms with Gasteiger partial charge in [-0.1, -0.05) is 43.9 Å². The number of carbonyl (C=O) groups excluding carboxylic acids is 1. The van der Waals surface area contributed by atoms with Gasteiger partial charge in [0.05, 0.1) is 0 Å². The lowest BCUT2D eigenvalue weighted by Crippen LogP contribution is -2.31. The summed E-state index contributed by atoms with van der Waals surface area (Å²) < 4.78 is 0. The molecule has 1 aromatic carbocycles. The third-order valence-corrected chi connectivity index (χ3v) is 5.11. The maximum Gasteiger partial charge on any atom is 0.191 e. The molecule has 1 aromatic rings. The Kier molecular flexibility index (Phi) is 4.21. The summed E-state index contributed by atoms with van der Waals surface area (Å²) in [5.41, 5.74) is 1.98. The summed E-state index contributed by atoms with van der Waals surface area (Å²) in [6, 6.07) is 7.96. The van der Waals surface area contributed by atoms with Crippen molar-refractivity contribution >= 4 is 5.78 Å². The Morgan fingerprint density at radius 1 is 1.05 bits per heavy atom. The minimum absolute atomic E-state index is 0.0712. The number of Topliss-reactive ketones (excluding diaryl/α,β-unsaturated/α-hetero) is 1. The summed E-state index contributed by atoms with van der Waals surface area (Å²) in [6.07, 6.45) is 8.51. The van der Waals surface area contributed by atoms with E-state index in [2.05, 4.69) is 6.07 Å². The highest BCUT2D eigenvalue weighted by molar-refractivity contribution is 5.99. The molecule has 1 unspecified atom stereocenters. The van der Waals surface area contributed by atoms with E-state index in [-0.39, 0.29) is 11.7 Å². The van der Waals surface area contributed by atoms with Crippen LogP contribution in [0.3, 0.4) is 0 Å². The molecule has 0 bridgehead atoms. The Hall–Kier alpha value is -1.15. The maximum absolute atomic E-state index is 12.5. The van der Waals surface area contributed by atoms with Gasteiger partial charge in [0.2, 0.25) is 0 Å². The van der Waals surface area contributed by atoms with Gasteiger partial charge in [0.15, 0.2) is 5.78 Å². The molecule has 0 aliphatic heterocycles. The second-order valence-corrected chi connectivity index (χ2v) is 6.46. The van der Waals surface area contributed by atoms with Crippen LogP contribution in [0.4, 0.5) is 0 Å². The van der Waals surface area contributed by atoms with Crippen LogP contribution in [-0.2, 0) is 0 Å². The molecule has 0 heterocycles. The first kappa shape index (κ1) is 13.8. The van der Waals surface area contributed by atoms with Crippen molar-refractivity contribution in [3.05, 3.63) is 35.4 Å². The van der Waals surface area contributed by atoms with Crippen LogP contribution in [0.2, 0.25) is 0 Å². The predicted molar refractivity (Wildman–Crippen MR) is 79.9 cm³/mol. The molecule has 0 spiro atoms. The van der Waals surface area contributed by atoms with Gasteiger partial charge in [0.25, 0.3) is 0 Å². The van der Waals surface area contributed by atoms with Gasteiger partial charge in [-0.05, 0) is 49.1 Å². The highest BCUT2D eigenvalue weighted by atomic mass is 16.3. The van der Waals surface area contributed by atoms with Gasteiger partial charge in [-0.3, -0.25) is 4.79 Å². The maximum atomic E-state index is 12.5. The lowest BCUT2D eigenvalue weighted by atomic mass is 9.78. The van der Waals surface area contributed by atoms with Crippen LogP contribution >= 0.6 is 0 Å². The molecule has 20 heavy (non-hydrogen) atoms. The number of rotatable bonds is 4. The molecule has 2 heteroatoms. The number of aliphatic hydroxyl groups is 1. The Morgan fingerprint density at radius 2 is 1.80 bits per heavy atom. The largest absolute Gasteiger partial charge is 0.385 e. The molecular weight excluding hydrogens is 248 g/mol. The van der Waals surface area contributed by atoms with E-state index < -0.39 is 6.10 Å². The zero-order chi connectivity index (χ0) is 13.9. The summed E-state index contributed by atoms with van der Waals surface area (Å²) >= 11 is 0. The van der Waals surface area contributed by atoms with Crippen molar-refractivity contribution in [2.24, 2.45) is 5.92 Å². The van der Waals surface area contributed by atoms with Gasteiger partial charge in [-0.15, -0.1) is 0 Å². The molecule has 2 aliphatic carbocycles. The zero-order valence-electron chi connectivity index (χ0n) is 12.1. The summed E-state index contributed by atoms with van der Waals surface area (Å²) in [6.45, 7) is 0. The summed E-state index contributed by atoms with van der Waals surface area (Å²) in [5.74, 6) is 0.733. The fourth-order valence-electron chi connectivity index (χ4n) is 3.52. The topological polar surface area (TPSA) is 37.3 Å². The van der Waals surface area contributed by atoms with Crippen LogP contribution in [0.1, 0.15) is 73.2 Å². The van der Waals surface area contributed by atoms with E-state index in [0.717, 1.165) is 25.7 Å². The van der Waals surface area contributed by atoms with Crippen molar-refractivity contribution in [2.45, 2.75) is 63.4 Å². The molecule has 3 rings (SSSR count). The van der Waals surface area contributed by atoms with Crippen LogP contribution < -0.4 is 0 Å². The molecule has 0 aromatic heterocycles. The van der Waals surface area contributed by atoms with Gasteiger partial charge >= 0.3 is 0 Å². The average Bonchev–Trinajstić information content (AvgIpc) is 2.45. The van der Waals surface area contributed by atoms with Gasteiger partial charge in [-0.25, -0.2) is 0 Å². The van der Waals surface area contributed by atoms with Crippen molar-refractivity contribution in [2.75, 3.05) is 0 Å². The van der Waals surface area contributed by atoms with E-state index in [1.165, 1.54) is 31.2 Å². The second kappa shape index (κ2) is 6.09. The Morgan fingerprint density at radius 3 is 2.45 bits per heavy atom. The number of ketones is 1. The van der Waals surface area contributed by atoms with Crippen LogP contribution in [-0.4, -0.2) is 17.0 Å². The van der Waals surface area contributed by atoms with E-state index in [1.54, 1.807) is 0 Å². The van der Waals surface area contributed by atoms with E-state index in [0.29, 0.717) is 11.5 Å². The molecule has 2 fully saturated rings. The lowest BCUT2D eigenvalue weighted by Gasteiger charge is -2.27. The van der Waals surface area contributed by atoms with Gasteiger partial charge < -0.3 is 5.11 Å². The van der Waals surface area contributed by atoms with Crippen molar-refractivity contribution in [3.8, 4) is 0 Å². The predicted octanol–water partition coefficient (Wildman–Crippen LogP) is 4.08. The Labute approximate surface area is 121 Å². The van der Waals surface area contributed by atoms with Gasteiger partial charge in [0.1, 0.15) is 6.10 Å². The highest BCUT2D eigenvalue weighted by Gasteiger charge is 2.29. The number of benzene rings is 1. The summed E-state index contributed by atoms with van der Waals surface area (Å²) in [7, 11) is 0. The molecular formula is C18H24O2. The van der Waals surface area contributed by atoms with Gasteiger partial charge in [-0.2, -0.15) is 0 Å². The Bertz CT molecular complexity index is 470. The smallest absolute Gasteiger partial charge is 0.191 e. The Balaban J connectivity index is 1.72. The second-order valence-electron chi connectivity index (χ2n) is 6.46. The molecule has 2 aliphatic rings. The first-order valence-electron chi connectivity index (χ1n) is 8.08. The van der Waals surface area contributed by atoms with Crippen molar-refractivity contribution in [1.29, 1.82) is 0 Å². The third kappa shape index (κ3) is 2.80. The first-order valence-corrected chi connectivity index (χ1v) is 8.08. The van der Waals surface area contributed by atoms with Crippen molar-refractivity contribution < 1.29 is 9.90 Å². The average molecular weight is 272 g/mol. The molecule has 0 amide bonds. The number of hydrogen-bond acceptors (Lipinski definition) is 2. The summed E-state index contributed by atoms with van der Waals surface area (Å²) in [5, 5.41) is 10.3.